The van der Waals surface area contributed by atoms with Crippen molar-refractivity contribution < 1.29 is 9.53 Å². The molecule has 1 atom stereocenters. The third-order valence-corrected chi connectivity index (χ3v) is 3.65. The summed E-state index contributed by atoms with van der Waals surface area (Å²) in [5.74, 6) is 0.137. The van der Waals surface area contributed by atoms with Gasteiger partial charge in [0.25, 0.3) is 0 Å². The summed E-state index contributed by atoms with van der Waals surface area (Å²) >= 11 is 0. The van der Waals surface area contributed by atoms with E-state index in [9.17, 15) is 4.79 Å². The molecule has 0 spiro atoms. The van der Waals surface area contributed by atoms with E-state index in [1.54, 1.807) is 0 Å². The van der Waals surface area contributed by atoms with Crippen LogP contribution in [0.4, 0.5) is 0 Å². The number of carbonyl (C=O) groups is 1. The zero-order valence-electron chi connectivity index (χ0n) is 11.6. The Morgan fingerprint density at radius 2 is 2.15 bits per heavy atom. The molecule has 3 rings (SSSR count). The van der Waals surface area contributed by atoms with Crippen molar-refractivity contribution in [3.05, 3.63) is 35.4 Å². The molecule has 0 fully saturated rings. The van der Waals surface area contributed by atoms with Crippen LogP contribution >= 0.6 is 0 Å². The summed E-state index contributed by atoms with van der Waals surface area (Å²) in [7, 11) is 0. The van der Waals surface area contributed by atoms with Crippen molar-refractivity contribution in [2.45, 2.75) is 38.6 Å². The van der Waals surface area contributed by atoms with Crippen molar-refractivity contribution in [2.75, 3.05) is 6.54 Å². The topological polar surface area (TPSA) is 51.0 Å². The zero-order chi connectivity index (χ0) is 13.9. The van der Waals surface area contributed by atoms with Crippen molar-refractivity contribution in [3.63, 3.8) is 0 Å². The van der Waals surface area contributed by atoms with E-state index < -0.39 is 6.04 Å². The van der Waals surface area contributed by atoms with Crippen LogP contribution in [0.25, 0.3) is 0 Å². The molecule has 2 aliphatic rings. The molecule has 0 radical (unpaired) electrons. The SMILES string of the molecule is Cc1cccc(C2=N[C@H](C3=NCCCCC3)C(=O)O2)c1. The summed E-state index contributed by atoms with van der Waals surface area (Å²) in [6.07, 6.45) is 4.20. The fourth-order valence-electron chi connectivity index (χ4n) is 2.59. The first kappa shape index (κ1) is 13.0. The average Bonchev–Trinajstić information content (AvgIpc) is 2.66. The second-order valence-corrected chi connectivity index (χ2v) is 5.31. The highest BCUT2D eigenvalue weighted by molar-refractivity contribution is 6.16. The van der Waals surface area contributed by atoms with Gasteiger partial charge >= 0.3 is 5.97 Å². The molecular weight excluding hydrogens is 252 g/mol. The van der Waals surface area contributed by atoms with E-state index in [4.69, 9.17) is 4.74 Å². The van der Waals surface area contributed by atoms with Crippen LogP contribution in [-0.2, 0) is 9.53 Å². The minimum Gasteiger partial charge on any atom is -0.405 e. The van der Waals surface area contributed by atoms with Gasteiger partial charge in [0.1, 0.15) is 0 Å². The van der Waals surface area contributed by atoms with E-state index in [0.717, 1.165) is 42.6 Å². The number of aryl methyl sites for hydroxylation is 1. The molecule has 0 bridgehead atoms. The first-order valence-corrected chi connectivity index (χ1v) is 7.14. The molecule has 1 aromatic carbocycles. The number of benzene rings is 1. The van der Waals surface area contributed by atoms with Gasteiger partial charge in [-0.25, -0.2) is 9.79 Å². The summed E-state index contributed by atoms with van der Waals surface area (Å²) < 4.78 is 5.34. The highest BCUT2D eigenvalue weighted by Crippen LogP contribution is 2.19. The highest BCUT2D eigenvalue weighted by atomic mass is 16.6. The molecule has 0 saturated carbocycles. The Balaban J connectivity index is 1.86. The Bertz CT molecular complexity index is 590. The normalized spacial score (nSPS) is 22.9. The summed E-state index contributed by atoms with van der Waals surface area (Å²) in [4.78, 5) is 21.0. The molecule has 0 unspecified atom stereocenters. The lowest BCUT2D eigenvalue weighted by Crippen LogP contribution is -2.25. The summed E-state index contributed by atoms with van der Waals surface area (Å²) in [5, 5.41) is 0. The first-order valence-electron chi connectivity index (χ1n) is 7.14. The number of aliphatic imine (C=N–C) groups is 2. The molecule has 0 amide bonds. The van der Waals surface area contributed by atoms with Crippen LogP contribution < -0.4 is 0 Å². The molecule has 4 heteroatoms. The fourth-order valence-corrected chi connectivity index (χ4v) is 2.59. The Morgan fingerprint density at radius 1 is 1.25 bits per heavy atom. The van der Waals surface area contributed by atoms with Crippen LogP contribution in [0.3, 0.4) is 0 Å². The number of cyclic esters (lactones) is 1. The van der Waals surface area contributed by atoms with Crippen molar-refractivity contribution in [1.82, 2.24) is 0 Å². The molecule has 104 valence electrons. The minimum atomic E-state index is -0.524. The van der Waals surface area contributed by atoms with E-state index in [1.807, 2.05) is 31.2 Å². The Labute approximate surface area is 118 Å². The van der Waals surface area contributed by atoms with Crippen LogP contribution in [-0.4, -0.2) is 30.2 Å². The van der Waals surface area contributed by atoms with Crippen molar-refractivity contribution in [3.8, 4) is 0 Å². The van der Waals surface area contributed by atoms with Gasteiger partial charge < -0.3 is 4.74 Å². The molecule has 0 saturated heterocycles. The molecule has 20 heavy (non-hydrogen) atoms. The van der Waals surface area contributed by atoms with Gasteiger partial charge in [-0.3, -0.25) is 4.99 Å². The number of hydrogen-bond acceptors (Lipinski definition) is 4. The van der Waals surface area contributed by atoms with Gasteiger partial charge in [0.05, 0.1) is 0 Å². The largest absolute Gasteiger partial charge is 0.405 e. The number of esters is 1. The van der Waals surface area contributed by atoms with Crippen LogP contribution in [0.2, 0.25) is 0 Å². The van der Waals surface area contributed by atoms with Crippen LogP contribution in [0.5, 0.6) is 0 Å². The van der Waals surface area contributed by atoms with Crippen LogP contribution in [0, 0.1) is 6.92 Å². The molecule has 0 aromatic heterocycles. The Hall–Kier alpha value is -1.97. The molecule has 0 aliphatic carbocycles. The summed E-state index contributed by atoms with van der Waals surface area (Å²) in [6, 6.07) is 7.31. The fraction of sp³-hybridized carbons (Fsp3) is 0.438. The average molecular weight is 270 g/mol. The molecule has 4 nitrogen and oxygen atoms in total. The second-order valence-electron chi connectivity index (χ2n) is 5.31. The summed E-state index contributed by atoms with van der Waals surface area (Å²) in [5.41, 5.74) is 2.86. The second kappa shape index (κ2) is 5.57. The smallest absolute Gasteiger partial charge is 0.343 e. The van der Waals surface area contributed by atoms with E-state index >= 15 is 0 Å². The molecule has 2 aliphatic heterocycles. The van der Waals surface area contributed by atoms with Gasteiger partial charge in [-0.05, 0) is 38.3 Å². The van der Waals surface area contributed by atoms with Gasteiger partial charge in [0, 0.05) is 17.8 Å². The van der Waals surface area contributed by atoms with E-state index in [0.29, 0.717) is 5.90 Å². The number of rotatable bonds is 2. The number of hydrogen-bond donors (Lipinski definition) is 0. The lowest BCUT2D eigenvalue weighted by Gasteiger charge is -2.05. The van der Waals surface area contributed by atoms with Crippen LogP contribution in [0.15, 0.2) is 34.3 Å². The number of carbonyl (C=O) groups excluding carboxylic acids is 1. The third kappa shape index (κ3) is 2.64. The predicted molar refractivity (Wildman–Crippen MR) is 78.4 cm³/mol. The van der Waals surface area contributed by atoms with Crippen molar-refractivity contribution in [2.24, 2.45) is 9.98 Å². The third-order valence-electron chi connectivity index (χ3n) is 3.65. The van der Waals surface area contributed by atoms with Gasteiger partial charge in [0.2, 0.25) is 5.90 Å². The predicted octanol–water partition coefficient (Wildman–Crippen LogP) is 2.68. The van der Waals surface area contributed by atoms with Gasteiger partial charge in [0.15, 0.2) is 6.04 Å². The molecular formula is C16H18N2O2. The molecule has 1 aromatic rings. The van der Waals surface area contributed by atoms with Gasteiger partial charge in [-0.2, -0.15) is 0 Å². The highest BCUT2D eigenvalue weighted by Gasteiger charge is 2.33. The standard InChI is InChI=1S/C16H18N2O2/c1-11-6-5-7-12(10-11)15-18-14(16(19)20-15)13-8-3-2-4-9-17-13/h5-7,10,14H,2-4,8-9H2,1H3/t14-/m1/s1. The lowest BCUT2D eigenvalue weighted by atomic mass is 10.1. The summed E-state index contributed by atoms with van der Waals surface area (Å²) in [6.45, 7) is 2.81. The monoisotopic (exact) mass is 270 g/mol. The van der Waals surface area contributed by atoms with E-state index in [1.165, 1.54) is 6.42 Å². The first-order chi connectivity index (χ1) is 9.74. The van der Waals surface area contributed by atoms with Gasteiger partial charge in [-0.15, -0.1) is 0 Å². The molecule has 2 heterocycles. The number of ether oxygens (including phenoxy) is 1. The van der Waals surface area contributed by atoms with E-state index in [-0.39, 0.29) is 5.97 Å². The Morgan fingerprint density at radius 3 is 3.00 bits per heavy atom. The Kier molecular flexibility index (Phi) is 3.63. The van der Waals surface area contributed by atoms with Crippen molar-refractivity contribution >= 4 is 17.6 Å². The molecule has 0 N–H and O–H groups in total. The lowest BCUT2D eigenvalue weighted by molar-refractivity contribution is -0.133. The van der Waals surface area contributed by atoms with Gasteiger partial charge in [-0.1, -0.05) is 24.1 Å². The zero-order valence-corrected chi connectivity index (χ0v) is 11.6. The quantitative estimate of drug-likeness (QED) is 0.776. The maximum atomic E-state index is 12.0. The maximum absolute atomic E-state index is 12.0. The minimum absolute atomic E-state index is 0.290. The van der Waals surface area contributed by atoms with E-state index in [2.05, 4.69) is 9.98 Å². The van der Waals surface area contributed by atoms with Crippen LogP contribution in [0.1, 0.15) is 36.8 Å². The maximum Gasteiger partial charge on any atom is 0.343 e. The van der Waals surface area contributed by atoms with Crippen molar-refractivity contribution in [1.29, 1.82) is 0 Å². The number of nitrogens with zero attached hydrogens (tertiary/aromatic N) is 2.